The molecule has 5 aromatic rings. The minimum atomic E-state index is -0.450. The molecule has 9 nitrogen and oxygen atoms in total. The van der Waals surface area contributed by atoms with Crippen LogP contribution >= 0.6 is 0 Å². The van der Waals surface area contributed by atoms with Crippen molar-refractivity contribution >= 4 is 34.4 Å². The number of aromatic nitrogens is 4. The lowest BCUT2D eigenvalue weighted by atomic mass is 10.1. The number of amides is 2. The predicted octanol–water partition coefficient (Wildman–Crippen LogP) is 4.15. The molecule has 0 radical (unpaired) electrons. The highest BCUT2D eigenvalue weighted by atomic mass is 16.2. The number of nitrogens with zero attached hydrogens (tertiary/aromatic N) is 3. The van der Waals surface area contributed by atoms with Gasteiger partial charge in [0.25, 0.3) is 11.8 Å². The second-order valence-electron chi connectivity index (χ2n) is 7.85. The highest BCUT2D eigenvalue weighted by Gasteiger charge is 2.12. The zero-order chi connectivity index (χ0) is 24.2. The number of benzene rings is 2. The van der Waals surface area contributed by atoms with Crippen molar-refractivity contribution in [1.82, 2.24) is 30.8 Å². The van der Waals surface area contributed by atoms with Crippen molar-refractivity contribution in [3.05, 3.63) is 102 Å². The highest BCUT2D eigenvalue weighted by molar-refractivity contribution is 6.01. The van der Waals surface area contributed by atoms with Crippen LogP contribution in [0, 0.1) is 6.92 Å². The van der Waals surface area contributed by atoms with Crippen LogP contribution < -0.4 is 16.2 Å². The minimum Gasteiger partial charge on any atom is -0.361 e. The van der Waals surface area contributed by atoms with E-state index in [1.807, 2.05) is 37.3 Å². The van der Waals surface area contributed by atoms with Gasteiger partial charge in [-0.2, -0.15) is 0 Å². The Morgan fingerprint density at radius 3 is 2.49 bits per heavy atom. The summed E-state index contributed by atoms with van der Waals surface area (Å²) in [6, 6.07) is 17.9. The molecule has 4 N–H and O–H groups in total. The molecule has 0 saturated heterocycles. The maximum atomic E-state index is 12.7. The lowest BCUT2D eigenvalue weighted by Crippen LogP contribution is -2.41. The van der Waals surface area contributed by atoms with Crippen LogP contribution in [0.15, 0.2) is 85.5 Å². The van der Waals surface area contributed by atoms with Gasteiger partial charge in [-0.25, -0.2) is 9.97 Å². The lowest BCUT2D eigenvalue weighted by Gasteiger charge is -2.12. The number of H-pyrrole nitrogens is 1. The van der Waals surface area contributed by atoms with Gasteiger partial charge in [0.2, 0.25) is 5.95 Å². The van der Waals surface area contributed by atoms with Gasteiger partial charge < -0.3 is 10.3 Å². The number of fused-ring (bicyclic) bond motifs is 1. The SMILES string of the molecule is Cc1ccc(C(=O)NNC(=O)c2ccc3[nH]ccc3c2)cc1Nc1nccc(-c2cccnc2)n1. The highest BCUT2D eigenvalue weighted by Crippen LogP contribution is 2.22. The molecule has 0 atom stereocenters. The summed E-state index contributed by atoms with van der Waals surface area (Å²) in [6.45, 7) is 1.91. The molecule has 2 aromatic carbocycles. The zero-order valence-corrected chi connectivity index (χ0v) is 18.7. The molecule has 0 aliphatic rings. The topological polar surface area (TPSA) is 125 Å². The Hall–Kier alpha value is -5.05. The van der Waals surface area contributed by atoms with Gasteiger partial charge in [0.1, 0.15) is 0 Å². The normalized spacial score (nSPS) is 10.7. The van der Waals surface area contributed by atoms with E-state index in [0.29, 0.717) is 22.8 Å². The molecule has 0 spiro atoms. The predicted molar refractivity (Wildman–Crippen MR) is 133 cm³/mol. The maximum absolute atomic E-state index is 12.7. The number of aryl methyl sites for hydroxylation is 1. The average molecular weight is 464 g/mol. The molecule has 0 aliphatic heterocycles. The van der Waals surface area contributed by atoms with E-state index < -0.39 is 11.8 Å². The number of rotatable bonds is 5. The molecule has 3 aromatic heterocycles. The van der Waals surface area contributed by atoms with Crippen molar-refractivity contribution in [2.75, 3.05) is 5.32 Å². The number of carbonyl (C=O) groups is 2. The number of nitrogens with one attached hydrogen (secondary N) is 4. The first-order valence-electron chi connectivity index (χ1n) is 10.9. The van der Waals surface area contributed by atoms with E-state index in [-0.39, 0.29) is 0 Å². The summed E-state index contributed by atoms with van der Waals surface area (Å²) in [6.07, 6.45) is 6.89. The smallest absolute Gasteiger partial charge is 0.269 e. The van der Waals surface area contributed by atoms with E-state index >= 15 is 0 Å². The van der Waals surface area contributed by atoms with E-state index in [1.165, 1.54) is 0 Å². The van der Waals surface area contributed by atoms with Gasteiger partial charge in [0.15, 0.2) is 0 Å². The largest absolute Gasteiger partial charge is 0.361 e. The number of aromatic amines is 1. The first kappa shape index (κ1) is 21.8. The van der Waals surface area contributed by atoms with E-state index in [1.54, 1.807) is 55.1 Å². The van der Waals surface area contributed by atoms with Crippen LogP contribution in [0.1, 0.15) is 26.3 Å². The minimum absolute atomic E-state index is 0.364. The standard InChI is InChI=1S/C26H21N7O2/c1-16-4-5-19(25(35)33-32-24(34)18-6-7-21-17(13-18)8-11-28-21)14-23(16)31-26-29-12-9-22(30-26)20-3-2-10-27-15-20/h2-15,28H,1H3,(H,32,34)(H,33,35)(H,29,30,31). The van der Waals surface area contributed by atoms with Crippen molar-refractivity contribution in [3.63, 3.8) is 0 Å². The van der Waals surface area contributed by atoms with Gasteiger partial charge in [-0.3, -0.25) is 25.4 Å². The van der Waals surface area contributed by atoms with Crippen molar-refractivity contribution in [1.29, 1.82) is 0 Å². The third-order valence-corrected chi connectivity index (χ3v) is 5.46. The Labute approximate surface area is 200 Å². The van der Waals surface area contributed by atoms with E-state index in [0.717, 1.165) is 27.7 Å². The monoisotopic (exact) mass is 463 g/mol. The molecule has 172 valence electrons. The van der Waals surface area contributed by atoms with Crippen LogP contribution in [0.2, 0.25) is 0 Å². The van der Waals surface area contributed by atoms with Gasteiger partial charge >= 0.3 is 0 Å². The summed E-state index contributed by atoms with van der Waals surface area (Å²) in [4.78, 5) is 41.2. The molecule has 0 aliphatic carbocycles. The number of carbonyl (C=O) groups excluding carboxylic acids is 2. The van der Waals surface area contributed by atoms with Crippen LogP contribution in [0.3, 0.4) is 0 Å². The Morgan fingerprint density at radius 1 is 0.886 bits per heavy atom. The first-order chi connectivity index (χ1) is 17.1. The van der Waals surface area contributed by atoms with Crippen LogP contribution in [0.5, 0.6) is 0 Å². The number of hydrogen-bond acceptors (Lipinski definition) is 6. The van der Waals surface area contributed by atoms with Crippen LogP contribution in [-0.2, 0) is 0 Å². The molecule has 3 heterocycles. The van der Waals surface area contributed by atoms with Crippen LogP contribution in [0.25, 0.3) is 22.2 Å². The zero-order valence-electron chi connectivity index (χ0n) is 18.7. The van der Waals surface area contributed by atoms with Gasteiger partial charge in [-0.15, -0.1) is 0 Å². The Bertz CT molecular complexity index is 1530. The Balaban J connectivity index is 1.28. The van der Waals surface area contributed by atoms with Crippen molar-refractivity contribution < 1.29 is 9.59 Å². The summed E-state index contributed by atoms with van der Waals surface area (Å²) in [5.74, 6) is -0.470. The molecule has 0 bridgehead atoms. The second kappa shape index (κ2) is 9.44. The molecule has 5 rings (SSSR count). The van der Waals surface area contributed by atoms with Crippen LogP contribution in [-0.4, -0.2) is 31.8 Å². The third-order valence-electron chi connectivity index (χ3n) is 5.46. The fourth-order valence-corrected chi connectivity index (χ4v) is 3.56. The number of anilines is 2. The maximum Gasteiger partial charge on any atom is 0.269 e. The van der Waals surface area contributed by atoms with Crippen molar-refractivity contribution in [2.24, 2.45) is 0 Å². The number of pyridine rings is 1. The van der Waals surface area contributed by atoms with Gasteiger partial charge in [-0.05, 0) is 67.1 Å². The first-order valence-corrected chi connectivity index (χ1v) is 10.9. The Kier molecular flexibility index (Phi) is 5.87. The summed E-state index contributed by atoms with van der Waals surface area (Å²) >= 11 is 0. The molecule has 35 heavy (non-hydrogen) atoms. The van der Waals surface area contributed by atoms with E-state index in [4.69, 9.17) is 0 Å². The number of hydrazine groups is 1. The molecular formula is C26H21N7O2. The van der Waals surface area contributed by atoms with E-state index in [2.05, 4.69) is 36.1 Å². The second-order valence-corrected chi connectivity index (χ2v) is 7.85. The van der Waals surface area contributed by atoms with Gasteiger partial charge in [-0.1, -0.05) is 6.07 Å². The fourth-order valence-electron chi connectivity index (χ4n) is 3.56. The third kappa shape index (κ3) is 4.83. The molecular weight excluding hydrogens is 442 g/mol. The molecule has 0 unspecified atom stereocenters. The molecule has 0 saturated carbocycles. The lowest BCUT2D eigenvalue weighted by molar-refractivity contribution is 0.0847. The summed E-state index contributed by atoms with van der Waals surface area (Å²) < 4.78 is 0. The number of hydrogen-bond donors (Lipinski definition) is 4. The fraction of sp³-hybridized carbons (Fsp3) is 0.0385. The van der Waals surface area contributed by atoms with Gasteiger partial charge in [0.05, 0.1) is 5.69 Å². The van der Waals surface area contributed by atoms with Crippen molar-refractivity contribution in [3.8, 4) is 11.3 Å². The summed E-state index contributed by atoms with van der Waals surface area (Å²) in [5, 5.41) is 4.08. The van der Waals surface area contributed by atoms with Gasteiger partial charge in [0, 0.05) is 58.1 Å². The van der Waals surface area contributed by atoms with Crippen molar-refractivity contribution in [2.45, 2.75) is 6.92 Å². The average Bonchev–Trinajstić information content (AvgIpc) is 3.37. The summed E-state index contributed by atoms with van der Waals surface area (Å²) in [5.41, 5.74) is 9.83. The Morgan fingerprint density at radius 2 is 1.69 bits per heavy atom. The van der Waals surface area contributed by atoms with Crippen LogP contribution in [0.4, 0.5) is 11.6 Å². The molecule has 0 fully saturated rings. The molecule has 2 amide bonds. The molecule has 9 heteroatoms. The quantitative estimate of drug-likeness (QED) is 0.290. The van der Waals surface area contributed by atoms with E-state index in [9.17, 15) is 9.59 Å². The summed E-state index contributed by atoms with van der Waals surface area (Å²) in [7, 11) is 0.